The minimum atomic E-state index is -0.873. The summed E-state index contributed by atoms with van der Waals surface area (Å²) in [7, 11) is 1.57. The lowest BCUT2D eigenvalue weighted by Crippen LogP contribution is -2.27. The molecule has 6 heteroatoms. The van der Waals surface area contributed by atoms with Crippen LogP contribution in [-0.2, 0) is 9.59 Å². The zero-order chi connectivity index (χ0) is 15.0. The van der Waals surface area contributed by atoms with Crippen LogP contribution in [0.2, 0.25) is 0 Å². The van der Waals surface area contributed by atoms with Crippen LogP contribution in [0.4, 0.5) is 5.69 Å². The van der Waals surface area contributed by atoms with Crippen LogP contribution in [0.25, 0.3) is 0 Å². The minimum absolute atomic E-state index is 0.0130. The number of hydrogen-bond donors (Lipinski definition) is 2. The summed E-state index contributed by atoms with van der Waals surface area (Å²) in [6.45, 7) is 0.854. The van der Waals surface area contributed by atoms with Crippen molar-refractivity contribution >= 4 is 17.6 Å². The highest BCUT2D eigenvalue weighted by atomic mass is 16.5. The van der Waals surface area contributed by atoms with Crippen LogP contribution >= 0.6 is 0 Å². The molecule has 1 aromatic rings. The fourth-order valence-electron chi connectivity index (χ4n) is 1.81. The van der Waals surface area contributed by atoms with Crippen molar-refractivity contribution in [1.82, 2.24) is 0 Å². The third kappa shape index (κ3) is 5.60. The molecule has 0 atom stereocenters. The van der Waals surface area contributed by atoms with Crippen LogP contribution in [0.15, 0.2) is 24.3 Å². The summed E-state index contributed by atoms with van der Waals surface area (Å²) in [5.41, 5.74) is 0.859. The molecule has 0 aliphatic carbocycles. The molecule has 0 spiro atoms. The molecule has 20 heavy (non-hydrogen) atoms. The van der Waals surface area contributed by atoms with E-state index in [1.807, 2.05) is 17.0 Å². The van der Waals surface area contributed by atoms with Gasteiger partial charge in [0.1, 0.15) is 5.75 Å². The van der Waals surface area contributed by atoms with Gasteiger partial charge < -0.3 is 19.8 Å². The molecule has 1 aromatic carbocycles. The number of anilines is 1. The van der Waals surface area contributed by atoms with Crippen molar-refractivity contribution in [1.29, 1.82) is 0 Å². The van der Waals surface area contributed by atoms with E-state index in [-0.39, 0.29) is 12.8 Å². The molecule has 6 nitrogen and oxygen atoms in total. The molecule has 1 rings (SSSR count). The number of carboxylic acids is 2. The first-order valence-corrected chi connectivity index (χ1v) is 6.35. The molecule has 0 unspecified atom stereocenters. The van der Waals surface area contributed by atoms with Gasteiger partial charge in [-0.2, -0.15) is 0 Å². The molecule has 0 amide bonds. The molecule has 2 N–H and O–H groups in total. The third-order valence-corrected chi connectivity index (χ3v) is 2.85. The molecule has 0 fully saturated rings. The number of rotatable bonds is 9. The first-order valence-electron chi connectivity index (χ1n) is 6.35. The van der Waals surface area contributed by atoms with Crippen molar-refractivity contribution in [3.8, 4) is 5.75 Å². The second kappa shape index (κ2) is 8.04. The molecule has 0 saturated heterocycles. The Balaban J connectivity index is 2.68. The number of hydrogen-bond acceptors (Lipinski definition) is 4. The number of nitrogens with zero attached hydrogens (tertiary/aromatic N) is 1. The van der Waals surface area contributed by atoms with Crippen molar-refractivity contribution in [2.75, 3.05) is 25.1 Å². The normalized spacial score (nSPS) is 10.1. The largest absolute Gasteiger partial charge is 0.497 e. The van der Waals surface area contributed by atoms with Crippen molar-refractivity contribution < 1.29 is 24.5 Å². The standard InChI is InChI=1S/C14H19NO5/c1-20-12-6-4-11(5-7-12)15(10-8-14(18)19)9-2-3-13(16)17/h4-7H,2-3,8-10H2,1H3,(H,16,17)(H,18,19). The zero-order valence-corrected chi connectivity index (χ0v) is 11.4. The summed E-state index contributed by atoms with van der Waals surface area (Å²) in [6.07, 6.45) is 0.555. The monoisotopic (exact) mass is 281 g/mol. The average molecular weight is 281 g/mol. The lowest BCUT2D eigenvalue weighted by molar-refractivity contribution is -0.138. The number of carboxylic acid groups (broad SMARTS) is 2. The summed E-state index contributed by atoms with van der Waals surface area (Å²) in [6, 6.07) is 7.25. The molecule has 0 radical (unpaired) electrons. The highest BCUT2D eigenvalue weighted by Crippen LogP contribution is 2.20. The van der Waals surface area contributed by atoms with E-state index in [1.165, 1.54) is 0 Å². The van der Waals surface area contributed by atoms with Gasteiger partial charge in [-0.25, -0.2) is 0 Å². The molecule has 0 bridgehead atoms. The van der Waals surface area contributed by atoms with Crippen molar-refractivity contribution in [3.05, 3.63) is 24.3 Å². The second-order valence-corrected chi connectivity index (χ2v) is 4.33. The van der Waals surface area contributed by atoms with E-state index in [0.29, 0.717) is 19.5 Å². The Morgan fingerprint density at radius 3 is 2.15 bits per heavy atom. The van der Waals surface area contributed by atoms with Crippen LogP contribution in [0.1, 0.15) is 19.3 Å². The first-order chi connectivity index (χ1) is 9.52. The van der Waals surface area contributed by atoms with Gasteiger partial charge in [-0.1, -0.05) is 0 Å². The van der Waals surface area contributed by atoms with Gasteiger partial charge in [0.15, 0.2) is 0 Å². The summed E-state index contributed by atoms with van der Waals surface area (Å²) < 4.78 is 5.07. The van der Waals surface area contributed by atoms with Crippen LogP contribution in [0, 0.1) is 0 Å². The second-order valence-electron chi connectivity index (χ2n) is 4.33. The number of carbonyl (C=O) groups is 2. The van der Waals surface area contributed by atoms with Gasteiger partial charge in [0.05, 0.1) is 13.5 Å². The van der Waals surface area contributed by atoms with Gasteiger partial charge >= 0.3 is 11.9 Å². The Morgan fingerprint density at radius 1 is 1.05 bits per heavy atom. The maximum absolute atomic E-state index is 10.7. The highest BCUT2D eigenvalue weighted by molar-refractivity contribution is 5.68. The Kier molecular flexibility index (Phi) is 6.36. The van der Waals surface area contributed by atoms with Crippen LogP contribution in [0.3, 0.4) is 0 Å². The molecular formula is C14H19NO5. The van der Waals surface area contributed by atoms with E-state index in [4.69, 9.17) is 14.9 Å². The Morgan fingerprint density at radius 2 is 1.65 bits per heavy atom. The van der Waals surface area contributed by atoms with Gasteiger partial charge in [-0.15, -0.1) is 0 Å². The van der Waals surface area contributed by atoms with E-state index in [0.717, 1.165) is 11.4 Å². The Labute approximate surface area is 117 Å². The van der Waals surface area contributed by atoms with E-state index in [1.54, 1.807) is 19.2 Å². The van der Waals surface area contributed by atoms with E-state index < -0.39 is 11.9 Å². The zero-order valence-electron chi connectivity index (χ0n) is 11.4. The fourth-order valence-corrected chi connectivity index (χ4v) is 1.81. The summed E-state index contributed by atoms with van der Waals surface area (Å²) >= 11 is 0. The topological polar surface area (TPSA) is 87.1 Å². The summed E-state index contributed by atoms with van der Waals surface area (Å²) in [5, 5.41) is 17.4. The molecule has 110 valence electrons. The first kappa shape index (κ1) is 15.8. The van der Waals surface area contributed by atoms with Crippen molar-refractivity contribution in [3.63, 3.8) is 0 Å². The quantitative estimate of drug-likeness (QED) is 0.718. The van der Waals surface area contributed by atoms with Crippen molar-refractivity contribution in [2.24, 2.45) is 0 Å². The maximum Gasteiger partial charge on any atom is 0.305 e. The molecule has 0 aromatic heterocycles. The lowest BCUT2D eigenvalue weighted by Gasteiger charge is -2.24. The summed E-state index contributed by atoms with van der Waals surface area (Å²) in [4.78, 5) is 23.1. The number of ether oxygens (including phenoxy) is 1. The number of benzene rings is 1. The van der Waals surface area contributed by atoms with Gasteiger partial charge in [0.2, 0.25) is 0 Å². The molecular weight excluding hydrogens is 262 g/mol. The predicted octanol–water partition coefficient (Wildman–Crippen LogP) is 1.84. The smallest absolute Gasteiger partial charge is 0.305 e. The van der Waals surface area contributed by atoms with Crippen LogP contribution < -0.4 is 9.64 Å². The molecule has 0 aliphatic rings. The lowest BCUT2D eigenvalue weighted by atomic mass is 10.2. The van der Waals surface area contributed by atoms with E-state index in [2.05, 4.69) is 0 Å². The van der Waals surface area contributed by atoms with Crippen LogP contribution in [0.5, 0.6) is 5.75 Å². The van der Waals surface area contributed by atoms with Gasteiger partial charge in [-0.05, 0) is 30.7 Å². The highest BCUT2D eigenvalue weighted by Gasteiger charge is 2.10. The SMILES string of the molecule is COc1ccc(N(CCCC(=O)O)CCC(=O)O)cc1. The van der Waals surface area contributed by atoms with Gasteiger partial charge in [0, 0.05) is 25.2 Å². The van der Waals surface area contributed by atoms with Crippen LogP contribution in [-0.4, -0.2) is 42.4 Å². The average Bonchev–Trinajstić information content (AvgIpc) is 2.42. The Bertz CT molecular complexity index is 443. The van der Waals surface area contributed by atoms with E-state index >= 15 is 0 Å². The number of methoxy groups -OCH3 is 1. The fraction of sp³-hybridized carbons (Fsp3) is 0.429. The third-order valence-electron chi connectivity index (χ3n) is 2.85. The van der Waals surface area contributed by atoms with E-state index in [9.17, 15) is 9.59 Å². The van der Waals surface area contributed by atoms with Crippen molar-refractivity contribution in [2.45, 2.75) is 19.3 Å². The minimum Gasteiger partial charge on any atom is -0.497 e. The van der Waals surface area contributed by atoms with Gasteiger partial charge in [0.25, 0.3) is 0 Å². The molecule has 0 heterocycles. The molecule has 0 saturated carbocycles. The number of aliphatic carboxylic acids is 2. The van der Waals surface area contributed by atoms with Gasteiger partial charge in [-0.3, -0.25) is 9.59 Å². The summed E-state index contributed by atoms with van der Waals surface area (Å²) in [5.74, 6) is -1.00. The molecule has 0 aliphatic heterocycles. The predicted molar refractivity (Wildman–Crippen MR) is 74.3 cm³/mol. The Hall–Kier alpha value is -2.24. The maximum atomic E-state index is 10.7.